The van der Waals surface area contributed by atoms with Crippen molar-refractivity contribution in [3.05, 3.63) is 24.0 Å². The van der Waals surface area contributed by atoms with Crippen molar-refractivity contribution in [1.29, 1.82) is 0 Å². The molecule has 17 heavy (non-hydrogen) atoms. The fourth-order valence-electron chi connectivity index (χ4n) is 0.945. The molecule has 1 heterocycles. The van der Waals surface area contributed by atoms with Gasteiger partial charge >= 0.3 is 11.7 Å². The first-order valence-electron chi connectivity index (χ1n) is 3.81. The van der Waals surface area contributed by atoms with Gasteiger partial charge in [-0.05, 0) is 12.1 Å². The number of hydrogen-bond donors (Lipinski definition) is 0. The van der Waals surface area contributed by atoms with Crippen LogP contribution < -0.4 is 0 Å². The number of pyridine rings is 1. The van der Waals surface area contributed by atoms with Crippen molar-refractivity contribution in [3.63, 3.8) is 0 Å². The molecule has 0 N–H and O–H groups in total. The highest BCUT2D eigenvalue weighted by Gasteiger charge is 2.51. The Hall–Kier alpha value is -1.32. The lowest BCUT2D eigenvalue weighted by Crippen LogP contribution is -2.26. The number of rotatable bonds is 1. The monoisotopic (exact) mass is 279 g/mol. The van der Waals surface area contributed by atoms with Gasteiger partial charge in [0.05, 0.1) is 0 Å². The number of alkyl halides is 6. The summed E-state index contributed by atoms with van der Waals surface area (Å²) in [6, 6.07) is 0.881. The molecule has 0 amide bonds. The van der Waals surface area contributed by atoms with Gasteiger partial charge in [-0.1, -0.05) is 0 Å². The average Bonchev–Trinajstić information content (AvgIpc) is 2.14. The molecule has 1 aromatic heterocycles. The van der Waals surface area contributed by atoms with Crippen molar-refractivity contribution in [2.75, 3.05) is 0 Å². The number of aromatic nitrogens is 1. The SMILES string of the molecule is O=S(=O)(c1cccnc1C(F)(F)F)C(F)(F)F. The minimum absolute atomic E-state index is 0.207. The van der Waals surface area contributed by atoms with Crippen LogP contribution in [0.3, 0.4) is 0 Å². The minimum Gasteiger partial charge on any atom is -0.251 e. The highest BCUT2D eigenvalue weighted by atomic mass is 32.2. The van der Waals surface area contributed by atoms with E-state index in [0.717, 1.165) is 0 Å². The van der Waals surface area contributed by atoms with Gasteiger partial charge in [-0.3, -0.25) is 4.98 Å². The van der Waals surface area contributed by atoms with Crippen molar-refractivity contribution in [3.8, 4) is 0 Å². The van der Waals surface area contributed by atoms with E-state index in [1.54, 1.807) is 0 Å². The van der Waals surface area contributed by atoms with Crippen molar-refractivity contribution < 1.29 is 34.8 Å². The van der Waals surface area contributed by atoms with Crippen LogP contribution in [-0.2, 0) is 16.0 Å². The number of nitrogens with zero attached hydrogens (tertiary/aromatic N) is 1. The second-order valence-corrected chi connectivity index (χ2v) is 4.71. The van der Waals surface area contributed by atoms with Gasteiger partial charge in [-0.15, -0.1) is 0 Å². The summed E-state index contributed by atoms with van der Waals surface area (Å²) in [5.41, 5.74) is -7.90. The first-order chi connectivity index (χ1) is 7.48. The zero-order chi connectivity index (χ0) is 13.5. The lowest BCUT2D eigenvalue weighted by Gasteiger charge is -2.13. The molecular formula is C7H3F6NO2S. The minimum atomic E-state index is -6.07. The average molecular weight is 279 g/mol. The summed E-state index contributed by atoms with van der Waals surface area (Å²) < 4.78 is 94.8. The summed E-state index contributed by atoms with van der Waals surface area (Å²) >= 11 is 0. The molecule has 0 bridgehead atoms. The molecule has 0 saturated carbocycles. The number of hydrogen-bond acceptors (Lipinski definition) is 3. The fraction of sp³-hybridized carbons (Fsp3) is 0.286. The Morgan fingerprint density at radius 1 is 1.06 bits per heavy atom. The molecule has 0 spiro atoms. The molecule has 1 rings (SSSR count). The molecule has 10 heteroatoms. The van der Waals surface area contributed by atoms with Crippen LogP contribution in [0.2, 0.25) is 0 Å². The summed E-state index contributed by atoms with van der Waals surface area (Å²) in [5.74, 6) is 0. The third kappa shape index (κ3) is 2.51. The molecule has 0 fully saturated rings. The van der Waals surface area contributed by atoms with Crippen LogP contribution in [0.1, 0.15) is 5.69 Å². The summed E-state index contributed by atoms with van der Waals surface area (Å²) in [6.45, 7) is 0. The number of sulfone groups is 1. The van der Waals surface area contributed by atoms with E-state index in [4.69, 9.17) is 0 Å². The summed E-state index contributed by atoms with van der Waals surface area (Å²) in [4.78, 5) is 0.723. The highest BCUT2D eigenvalue weighted by Crippen LogP contribution is 2.37. The predicted octanol–water partition coefficient (Wildman–Crippen LogP) is 2.39. The van der Waals surface area contributed by atoms with Crippen molar-refractivity contribution in [2.45, 2.75) is 16.6 Å². The molecule has 0 atom stereocenters. The molecule has 0 aliphatic heterocycles. The van der Waals surface area contributed by atoms with Crippen LogP contribution in [0.4, 0.5) is 26.3 Å². The normalized spacial score (nSPS) is 13.8. The van der Waals surface area contributed by atoms with Crippen LogP contribution in [0.25, 0.3) is 0 Å². The molecule has 96 valence electrons. The fourth-order valence-corrected chi connectivity index (χ4v) is 1.88. The standard InChI is InChI=1S/C7H3F6NO2S/c8-6(9,10)5-4(2-1-3-14-5)17(15,16)7(11,12)13/h1-3H. The molecule has 3 nitrogen and oxygen atoms in total. The van der Waals surface area contributed by atoms with Crippen LogP contribution in [0.5, 0.6) is 0 Å². The Balaban J connectivity index is 3.55. The topological polar surface area (TPSA) is 47.0 Å². The first kappa shape index (κ1) is 13.7. The maximum absolute atomic E-state index is 12.3. The van der Waals surface area contributed by atoms with Gasteiger partial charge in [0.25, 0.3) is 9.84 Å². The highest BCUT2D eigenvalue weighted by molar-refractivity contribution is 7.92. The van der Waals surface area contributed by atoms with E-state index in [-0.39, 0.29) is 6.07 Å². The van der Waals surface area contributed by atoms with Crippen LogP contribution in [-0.4, -0.2) is 18.9 Å². The van der Waals surface area contributed by atoms with E-state index in [1.165, 1.54) is 0 Å². The maximum atomic E-state index is 12.3. The zero-order valence-corrected chi connectivity index (χ0v) is 8.49. The Bertz CT molecular complexity index is 518. The van der Waals surface area contributed by atoms with Gasteiger partial charge in [-0.25, -0.2) is 8.42 Å². The Morgan fingerprint density at radius 2 is 1.59 bits per heavy atom. The van der Waals surface area contributed by atoms with Crippen LogP contribution in [0, 0.1) is 0 Å². The predicted molar refractivity (Wildman–Crippen MR) is 42.5 cm³/mol. The van der Waals surface area contributed by atoms with E-state index in [1.807, 2.05) is 0 Å². The second kappa shape index (κ2) is 3.86. The van der Waals surface area contributed by atoms with E-state index in [2.05, 4.69) is 4.98 Å². The molecular weight excluding hydrogens is 276 g/mol. The first-order valence-corrected chi connectivity index (χ1v) is 5.30. The van der Waals surface area contributed by atoms with Gasteiger partial charge < -0.3 is 0 Å². The largest absolute Gasteiger partial charge is 0.501 e. The van der Waals surface area contributed by atoms with E-state index >= 15 is 0 Å². The molecule has 1 aromatic rings. The third-order valence-electron chi connectivity index (χ3n) is 1.63. The third-order valence-corrected chi connectivity index (χ3v) is 3.15. The Morgan fingerprint density at radius 3 is 2.00 bits per heavy atom. The summed E-state index contributed by atoms with van der Waals surface area (Å²) in [5, 5.41) is 0. The summed E-state index contributed by atoms with van der Waals surface area (Å²) in [6.07, 6.45) is -4.73. The van der Waals surface area contributed by atoms with Crippen LogP contribution >= 0.6 is 0 Å². The van der Waals surface area contributed by atoms with E-state index in [0.29, 0.717) is 12.3 Å². The molecule has 0 aromatic carbocycles. The Kier molecular flexibility index (Phi) is 3.12. The molecule has 0 aliphatic carbocycles. The number of halogens is 6. The van der Waals surface area contributed by atoms with Gasteiger partial charge in [0, 0.05) is 6.20 Å². The van der Waals surface area contributed by atoms with Crippen molar-refractivity contribution >= 4 is 9.84 Å². The summed E-state index contributed by atoms with van der Waals surface area (Å²) in [7, 11) is -6.07. The van der Waals surface area contributed by atoms with E-state index in [9.17, 15) is 34.8 Å². The Labute approximate surface area is 91.0 Å². The quantitative estimate of drug-likeness (QED) is 0.741. The maximum Gasteiger partial charge on any atom is 0.501 e. The smallest absolute Gasteiger partial charge is 0.251 e. The molecule has 0 saturated heterocycles. The van der Waals surface area contributed by atoms with Gasteiger partial charge in [-0.2, -0.15) is 26.3 Å². The molecule has 0 aliphatic rings. The second-order valence-electron chi connectivity index (χ2n) is 2.80. The van der Waals surface area contributed by atoms with Crippen molar-refractivity contribution in [2.24, 2.45) is 0 Å². The van der Waals surface area contributed by atoms with Crippen LogP contribution in [0.15, 0.2) is 23.2 Å². The molecule has 0 unspecified atom stereocenters. The lowest BCUT2D eigenvalue weighted by molar-refractivity contribution is -0.143. The van der Waals surface area contributed by atoms with Crippen molar-refractivity contribution in [1.82, 2.24) is 4.98 Å². The molecule has 0 radical (unpaired) electrons. The lowest BCUT2D eigenvalue weighted by atomic mass is 10.3. The van der Waals surface area contributed by atoms with Gasteiger partial charge in [0.15, 0.2) is 5.69 Å². The zero-order valence-electron chi connectivity index (χ0n) is 7.67. The van der Waals surface area contributed by atoms with Gasteiger partial charge in [0.1, 0.15) is 4.90 Å². The van der Waals surface area contributed by atoms with Gasteiger partial charge in [0.2, 0.25) is 0 Å². The van der Waals surface area contributed by atoms with E-state index < -0.39 is 32.1 Å².